The third-order valence-electron chi connectivity index (χ3n) is 4.86. The zero-order valence-electron chi connectivity index (χ0n) is 18.0. The van der Waals surface area contributed by atoms with Gasteiger partial charge in [-0.3, -0.25) is 10.1 Å². The minimum atomic E-state index is -0.742. The first-order valence-electron chi connectivity index (χ1n) is 9.97. The molecule has 0 amide bonds. The Morgan fingerprint density at radius 3 is 2.54 bits per heavy atom. The van der Waals surface area contributed by atoms with E-state index in [0.717, 1.165) is 10.0 Å². The number of methoxy groups -OCH3 is 1. The lowest BCUT2D eigenvalue weighted by molar-refractivity contribution is -0.384. The maximum atomic E-state index is 12.4. The molecule has 0 N–H and O–H groups in total. The summed E-state index contributed by atoms with van der Waals surface area (Å²) < 4.78 is 17.5. The van der Waals surface area contributed by atoms with E-state index >= 15 is 0 Å². The van der Waals surface area contributed by atoms with Gasteiger partial charge in [0.05, 0.1) is 27.6 Å². The van der Waals surface area contributed by atoms with Crippen molar-refractivity contribution >= 4 is 62.8 Å². The van der Waals surface area contributed by atoms with Gasteiger partial charge in [-0.15, -0.1) is 0 Å². The number of nitrogens with zero attached hydrogens (tertiary/aromatic N) is 2. The first-order chi connectivity index (χ1) is 16.7. The number of esters is 1. The van der Waals surface area contributed by atoms with Crippen LogP contribution in [0.4, 0.5) is 5.69 Å². The van der Waals surface area contributed by atoms with Crippen molar-refractivity contribution in [1.29, 1.82) is 0 Å². The lowest BCUT2D eigenvalue weighted by atomic mass is 10.1. The van der Waals surface area contributed by atoms with Crippen molar-refractivity contribution in [2.75, 3.05) is 7.11 Å². The maximum Gasteiger partial charge on any atom is 0.363 e. The van der Waals surface area contributed by atoms with E-state index in [1.54, 1.807) is 12.1 Å². The highest BCUT2D eigenvalue weighted by Crippen LogP contribution is 2.38. The Morgan fingerprint density at radius 2 is 1.86 bits per heavy atom. The number of cyclic esters (lactones) is 1. The standard InChI is InChI=1S/C24H15BrCl2N2O6/c1-33-21-10-14(8-19(27)22(21)34-12-13-2-4-15(25)5-3-13)9-20-24(30)35-23(28-20)17-11-16(29(31)32)6-7-18(17)26/h2-11H,12H2,1H3/b20-9-. The summed E-state index contributed by atoms with van der Waals surface area (Å²) in [4.78, 5) is 27.1. The molecule has 3 aromatic rings. The van der Waals surface area contributed by atoms with Gasteiger partial charge in [-0.1, -0.05) is 51.3 Å². The highest BCUT2D eigenvalue weighted by atomic mass is 79.9. The predicted octanol–water partition coefficient (Wildman–Crippen LogP) is 6.60. The topological polar surface area (TPSA) is 100 Å². The third kappa shape index (κ3) is 5.64. The monoisotopic (exact) mass is 576 g/mol. The van der Waals surface area contributed by atoms with Crippen molar-refractivity contribution < 1.29 is 23.9 Å². The molecule has 0 bridgehead atoms. The first-order valence-corrected chi connectivity index (χ1v) is 11.5. The second-order valence-corrected chi connectivity index (χ2v) is 8.94. The first kappa shape index (κ1) is 24.7. The van der Waals surface area contributed by atoms with Crippen LogP contribution in [0.3, 0.4) is 0 Å². The Morgan fingerprint density at radius 1 is 1.11 bits per heavy atom. The summed E-state index contributed by atoms with van der Waals surface area (Å²) in [5, 5.41) is 11.5. The van der Waals surface area contributed by atoms with Gasteiger partial charge in [-0.2, -0.15) is 0 Å². The second kappa shape index (κ2) is 10.5. The summed E-state index contributed by atoms with van der Waals surface area (Å²) in [5.74, 6) is -0.171. The van der Waals surface area contributed by atoms with Gasteiger partial charge in [0.25, 0.3) is 5.69 Å². The minimum absolute atomic E-state index is 0.0378. The van der Waals surface area contributed by atoms with Crippen molar-refractivity contribution in [3.05, 3.63) is 102 Å². The Labute approximate surface area is 218 Å². The number of rotatable bonds is 7. The van der Waals surface area contributed by atoms with E-state index in [-0.39, 0.29) is 39.5 Å². The quantitative estimate of drug-likeness (QED) is 0.136. The van der Waals surface area contributed by atoms with E-state index < -0.39 is 10.9 Å². The summed E-state index contributed by atoms with van der Waals surface area (Å²) in [6, 6.07) is 14.6. The molecule has 4 rings (SSSR count). The molecule has 0 fully saturated rings. The second-order valence-electron chi connectivity index (χ2n) is 7.21. The fraction of sp³-hybridized carbons (Fsp3) is 0.0833. The van der Waals surface area contributed by atoms with Crippen LogP contribution >= 0.6 is 39.1 Å². The summed E-state index contributed by atoms with van der Waals surface area (Å²) in [7, 11) is 1.47. The Bertz CT molecular complexity index is 1390. The number of carbonyl (C=O) groups is 1. The summed E-state index contributed by atoms with van der Waals surface area (Å²) >= 11 is 16.0. The Kier molecular flexibility index (Phi) is 7.39. The zero-order valence-corrected chi connectivity index (χ0v) is 21.1. The van der Waals surface area contributed by atoms with E-state index in [1.165, 1.54) is 31.4 Å². The van der Waals surface area contributed by atoms with E-state index in [1.807, 2.05) is 24.3 Å². The molecule has 1 aliphatic rings. The number of halogens is 3. The van der Waals surface area contributed by atoms with Crippen LogP contribution in [0.1, 0.15) is 16.7 Å². The van der Waals surface area contributed by atoms with Gasteiger partial charge in [-0.05, 0) is 47.5 Å². The highest BCUT2D eigenvalue weighted by Gasteiger charge is 2.27. The van der Waals surface area contributed by atoms with Crippen LogP contribution in [0.5, 0.6) is 11.5 Å². The van der Waals surface area contributed by atoms with Gasteiger partial charge in [0.1, 0.15) is 6.61 Å². The molecule has 0 unspecified atom stereocenters. The van der Waals surface area contributed by atoms with Crippen molar-refractivity contribution in [2.24, 2.45) is 4.99 Å². The van der Waals surface area contributed by atoms with Crippen LogP contribution in [-0.4, -0.2) is 23.9 Å². The fourth-order valence-corrected chi connectivity index (χ4v) is 3.91. The molecule has 0 saturated heterocycles. The normalized spacial score (nSPS) is 14.0. The van der Waals surface area contributed by atoms with E-state index in [0.29, 0.717) is 17.1 Å². The molecule has 0 aliphatic carbocycles. The van der Waals surface area contributed by atoms with E-state index in [4.69, 9.17) is 37.4 Å². The predicted molar refractivity (Wildman–Crippen MR) is 135 cm³/mol. The average molecular weight is 578 g/mol. The maximum absolute atomic E-state index is 12.4. The number of carbonyl (C=O) groups excluding carboxylic acids is 1. The molecule has 8 nitrogen and oxygen atoms in total. The number of ether oxygens (including phenoxy) is 3. The molecule has 0 saturated carbocycles. The number of non-ortho nitro benzene ring substituents is 1. The Hall–Kier alpha value is -3.40. The molecule has 1 heterocycles. The van der Waals surface area contributed by atoms with Crippen LogP contribution in [0.2, 0.25) is 10.0 Å². The Balaban J connectivity index is 1.61. The van der Waals surface area contributed by atoms with Crippen molar-refractivity contribution in [3.63, 3.8) is 0 Å². The van der Waals surface area contributed by atoms with Crippen LogP contribution in [-0.2, 0) is 16.1 Å². The van der Waals surface area contributed by atoms with Crippen molar-refractivity contribution in [2.45, 2.75) is 6.61 Å². The zero-order chi connectivity index (χ0) is 25.1. The van der Waals surface area contributed by atoms with Gasteiger partial charge in [0, 0.05) is 16.6 Å². The van der Waals surface area contributed by atoms with Crippen molar-refractivity contribution in [1.82, 2.24) is 0 Å². The molecule has 0 radical (unpaired) electrons. The third-order valence-corrected chi connectivity index (χ3v) is 6.00. The van der Waals surface area contributed by atoms with Crippen LogP contribution in [0, 0.1) is 10.1 Å². The molecular weight excluding hydrogens is 563 g/mol. The molecule has 0 atom stereocenters. The van der Waals surface area contributed by atoms with Gasteiger partial charge >= 0.3 is 5.97 Å². The van der Waals surface area contributed by atoms with Gasteiger partial charge < -0.3 is 14.2 Å². The van der Waals surface area contributed by atoms with E-state index in [9.17, 15) is 14.9 Å². The molecule has 1 aliphatic heterocycles. The van der Waals surface area contributed by atoms with Gasteiger partial charge in [0.15, 0.2) is 17.2 Å². The number of hydrogen-bond donors (Lipinski definition) is 0. The summed E-state index contributed by atoms with van der Waals surface area (Å²) in [6.45, 7) is 0.272. The van der Waals surface area contributed by atoms with Crippen LogP contribution in [0.15, 0.2) is 69.8 Å². The van der Waals surface area contributed by atoms with Gasteiger partial charge in [0.2, 0.25) is 5.90 Å². The number of nitro groups is 1. The van der Waals surface area contributed by atoms with E-state index in [2.05, 4.69) is 20.9 Å². The minimum Gasteiger partial charge on any atom is -0.493 e. The van der Waals surface area contributed by atoms with Gasteiger partial charge in [-0.25, -0.2) is 9.79 Å². The molecule has 0 spiro atoms. The van der Waals surface area contributed by atoms with Crippen LogP contribution < -0.4 is 9.47 Å². The summed E-state index contributed by atoms with van der Waals surface area (Å²) in [6.07, 6.45) is 1.45. The molecule has 0 aromatic heterocycles. The smallest absolute Gasteiger partial charge is 0.363 e. The fourth-order valence-electron chi connectivity index (χ4n) is 3.17. The lowest BCUT2D eigenvalue weighted by Gasteiger charge is -2.13. The molecule has 11 heteroatoms. The summed E-state index contributed by atoms with van der Waals surface area (Å²) in [5.41, 5.74) is 1.32. The number of hydrogen-bond acceptors (Lipinski definition) is 7. The highest BCUT2D eigenvalue weighted by molar-refractivity contribution is 9.10. The largest absolute Gasteiger partial charge is 0.493 e. The molecule has 35 heavy (non-hydrogen) atoms. The number of nitro benzene ring substituents is 1. The number of benzene rings is 3. The van der Waals surface area contributed by atoms with Crippen molar-refractivity contribution in [3.8, 4) is 11.5 Å². The lowest BCUT2D eigenvalue weighted by Crippen LogP contribution is -2.06. The molecule has 178 valence electrons. The molecular formula is C24H15BrCl2N2O6. The molecule has 3 aromatic carbocycles. The number of aliphatic imine (C=N–C) groups is 1. The average Bonchev–Trinajstić information content (AvgIpc) is 3.19. The SMILES string of the molecule is COc1cc(/C=C2\N=C(c3cc([N+](=O)[O-])ccc3Cl)OC2=O)cc(Cl)c1OCc1ccc(Br)cc1. The van der Waals surface area contributed by atoms with Crippen LogP contribution in [0.25, 0.3) is 6.08 Å².